The van der Waals surface area contributed by atoms with Crippen LogP contribution in [0.15, 0.2) is 214 Å². The van der Waals surface area contributed by atoms with Gasteiger partial charge in [0.1, 0.15) is 0 Å². The molecule has 0 N–H and O–H groups in total. The summed E-state index contributed by atoms with van der Waals surface area (Å²) in [7, 11) is -3.99. The van der Waals surface area contributed by atoms with E-state index in [1.54, 1.807) is 10.4 Å². The molecule has 0 atom stereocenters. The predicted molar refractivity (Wildman–Crippen MR) is 230 cm³/mol. The number of rotatable bonds is 3. The zero-order valence-electron chi connectivity index (χ0n) is 28.7. The number of anilines is 3. The number of fused-ring (bicyclic) bond motifs is 10. The van der Waals surface area contributed by atoms with Gasteiger partial charge in [-0.2, -0.15) is 0 Å². The molecule has 0 bridgehead atoms. The molecule has 0 saturated heterocycles. The maximum absolute atomic E-state index is 2.71. The van der Waals surface area contributed by atoms with E-state index in [0.717, 1.165) is 0 Å². The minimum absolute atomic E-state index is 1.17. The van der Waals surface area contributed by atoms with E-state index in [0.29, 0.717) is 0 Å². The Morgan fingerprint density at radius 3 is 1.53 bits per heavy atom. The van der Waals surface area contributed by atoms with Crippen LogP contribution in [0.3, 0.4) is 0 Å². The van der Waals surface area contributed by atoms with E-state index in [-0.39, 0.29) is 0 Å². The lowest BCUT2D eigenvalue weighted by molar-refractivity contribution is 1.17. The molecule has 249 valence electrons. The molecule has 0 amide bonds. The average Bonchev–Trinajstić information content (AvgIpc) is 3.23. The van der Waals surface area contributed by atoms with Crippen molar-refractivity contribution in [2.24, 2.45) is 0 Å². The SMILES string of the molecule is c1ccc([Si]2c3ccccc3[Si]3(c4ccccc4Sc4ccccc43)c3cc(-c4ccc(N5c6ccccc6Sc6ccccc65)cc4)ccc32)cc1. The van der Waals surface area contributed by atoms with Crippen molar-refractivity contribution in [3.63, 3.8) is 0 Å². The second kappa shape index (κ2) is 12.4. The Hall–Kier alpha value is -5.31. The molecule has 0 fully saturated rings. The Kier molecular flexibility index (Phi) is 7.31. The number of benzene rings is 8. The second-order valence-electron chi connectivity index (χ2n) is 13.8. The summed E-state index contributed by atoms with van der Waals surface area (Å²) in [6, 6.07) is 73.6. The minimum atomic E-state index is -2.71. The van der Waals surface area contributed by atoms with Crippen LogP contribution in [0.25, 0.3) is 11.1 Å². The van der Waals surface area contributed by atoms with Gasteiger partial charge in [0.05, 0.1) is 11.4 Å². The maximum Gasteiger partial charge on any atom is 0.181 e. The molecule has 3 aliphatic rings. The van der Waals surface area contributed by atoms with Crippen molar-refractivity contribution in [1.29, 1.82) is 0 Å². The molecule has 3 aliphatic heterocycles. The topological polar surface area (TPSA) is 3.24 Å². The van der Waals surface area contributed by atoms with Crippen molar-refractivity contribution in [3.8, 4) is 11.1 Å². The summed E-state index contributed by atoms with van der Waals surface area (Å²) in [5.74, 6) is 0. The molecular weight excluding hydrogens is 711 g/mol. The van der Waals surface area contributed by atoms with Gasteiger partial charge in [-0.25, -0.2) is 0 Å². The molecule has 8 aromatic rings. The lowest BCUT2D eigenvalue weighted by atomic mass is 10.0. The summed E-state index contributed by atoms with van der Waals surface area (Å²) in [5.41, 5.74) is 6.15. The highest BCUT2D eigenvalue weighted by molar-refractivity contribution is 8.00. The summed E-state index contributed by atoms with van der Waals surface area (Å²) in [6.45, 7) is 0. The van der Waals surface area contributed by atoms with Gasteiger partial charge in [0.2, 0.25) is 0 Å². The Labute approximate surface area is 321 Å². The lowest BCUT2D eigenvalue weighted by Crippen LogP contribution is -2.87. The largest absolute Gasteiger partial charge is 0.308 e. The zero-order valence-corrected chi connectivity index (χ0v) is 32.4. The molecule has 8 aromatic carbocycles. The summed E-state index contributed by atoms with van der Waals surface area (Å²) < 4.78 is 0. The van der Waals surface area contributed by atoms with Gasteiger partial charge in [-0.15, -0.1) is 0 Å². The van der Waals surface area contributed by atoms with Crippen LogP contribution < -0.4 is 41.2 Å². The van der Waals surface area contributed by atoms with Crippen LogP contribution in [0.4, 0.5) is 17.1 Å². The molecule has 53 heavy (non-hydrogen) atoms. The zero-order chi connectivity index (χ0) is 34.9. The maximum atomic E-state index is 2.60. The van der Waals surface area contributed by atoms with Gasteiger partial charge in [0, 0.05) is 25.3 Å². The first-order chi connectivity index (χ1) is 26.3. The van der Waals surface area contributed by atoms with Crippen LogP contribution >= 0.6 is 23.5 Å². The summed E-state index contributed by atoms with van der Waals surface area (Å²) >= 11 is 3.79. The fraction of sp³-hybridized carbons (Fsp3) is 0. The van der Waals surface area contributed by atoms with E-state index >= 15 is 0 Å². The highest BCUT2D eigenvalue weighted by Crippen LogP contribution is 2.51. The monoisotopic (exact) mass is 742 g/mol. The Morgan fingerprint density at radius 2 is 0.868 bits per heavy atom. The molecule has 0 aliphatic carbocycles. The molecule has 5 heteroatoms. The van der Waals surface area contributed by atoms with Gasteiger partial charge in [-0.05, 0) is 80.4 Å². The van der Waals surface area contributed by atoms with Gasteiger partial charge >= 0.3 is 0 Å². The third-order valence-electron chi connectivity index (χ3n) is 11.0. The van der Waals surface area contributed by atoms with Crippen LogP contribution in [0, 0.1) is 0 Å². The smallest absolute Gasteiger partial charge is 0.181 e. The van der Waals surface area contributed by atoms with Crippen molar-refractivity contribution in [1.82, 2.24) is 0 Å². The molecule has 0 aromatic heterocycles. The average molecular weight is 743 g/mol. The van der Waals surface area contributed by atoms with Gasteiger partial charge in [-0.3, -0.25) is 0 Å². The molecule has 1 radical (unpaired) electrons. The summed E-state index contributed by atoms with van der Waals surface area (Å²) in [6.07, 6.45) is 0. The summed E-state index contributed by atoms with van der Waals surface area (Å²) in [5, 5.41) is 10.6. The van der Waals surface area contributed by atoms with Crippen molar-refractivity contribution in [3.05, 3.63) is 194 Å². The highest BCUT2D eigenvalue weighted by atomic mass is 32.2. The van der Waals surface area contributed by atoms with E-state index in [1.807, 2.05) is 23.5 Å². The fourth-order valence-corrected chi connectivity index (χ4v) is 21.6. The van der Waals surface area contributed by atoms with E-state index in [2.05, 4.69) is 199 Å². The quantitative estimate of drug-likeness (QED) is 0.169. The normalized spacial score (nSPS) is 14.7. The van der Waals surface area contributed by atoms with Crippen LogP contribution in [-0.4, -0.2) is 16.9 Å². The second-order valence-corrected chi connectivity index (χ2v) is 22.0. The summed E-state index contributed by atoms with van der Waals surface area (Å²) in [4.78, 5) is 7.76. The molecule has 3 heterocycles. The van der Waals surface area contributed by atoms with Crippen LogP contribution in [0.2, 0.25) is 0 Å². The first-order valence-corrected chi connectivity index (χ1v) is 23.2. The Bertz CT molecular complexity index is 2620. The molecule has 0 saturated carbocycles. The van der Waals surface area contributed by atoms with E-state index in [9.17, 15) is 0 Å². The van der Waals surface area contributed by atoms with E-state index in [1.165, 1.54) is 73.7 Å². The molecule has 1 nitrogen and oxygen atoms in total. The number of nitrogens with zero attached hydrogens (tertiary/aromatic N) is 1. The van der Waals surface area contributed by atoms with E-state index in [4.69, 9.17) is 0 Å². The van der Waals surface area contributed by atoms with Crippen LogP contribution in [0.5, 0.6) is 0 Å². The molecule has 1 spiro atoms. The third-order valence-corrected chi connectivity index (χ3v) is 22.0. The van der Waals surface area contributed by atoms with Crippen LogP contribution in [0.1, 0.15) is 0 Å². The first-order valence-electron chi connectivity index (χ1n) is 18.1. The van der Waals surface area contributed by atoms with Gasteiger partial charge in [-0.1, -0.05) is 185 Å². The van der Waals surface area contributed by atoms with Crippen molar-refractivity contribution in [2.45, 2.75) is 19.6 Å². The Balaban J connectivity index is 1.13. The van der Waals surface area contributed by atoms with E-state index < -0.39 is 16.9 Å². The first kappa shape index (κ1) is 31.2. The lowest BCUT2D eigenvalue weighted by Gasteiger charge is -2.46. The van der Waals surface area contributed by atoms with Gasteiger partial charge < -0.3 is 4.90 Å². The third kappa shape index (κ3) is 4.71. The van der Waals surface area contributed by atoms with Crippen LogP contribution in [-0.2, 0) is 0 Å². The number of para-hydroxylation sites is 2. The van der Waals surface area contributed by atoms with Crippen molar-refractivity contribution < 1.29 is 0 Å². The van der Waals surface area contributed by atoms with Crippen molar-refractivity contribution in [2.75, 3.05) is 4.90 Å². The number of hydrogen-bond donors (Lipinski definition) is 0. The molecule has 11 rings (SSSR count). The highest BCUT2D eigenvalue weighted by Gasteiger charge is 2.53. The number of hydrogen-bond acceptors (Lipinski definition) is 3. The fourth-order valence-electron chi connectivity index (χ4n) is 8.85. The predicted octanol–water partition coefficient (Wildman–Crippen LogP) is 7.96. The van der Waals surface area contributed by atoms with Gasteiger partial charge in [0.25, 0.3) is 0 Å². The van der Waals surface area contributed by atoms with Crippen molar-refractivity contribution >= 4 is 93.8 Å². The molecular formula is C48H32NS2Si2. The Morgan fingerprint density at radius 1 is 0.377 bits per heavy atom. The molecule has 0 unspecified atom stereocenters. The minimum Gasteiger partial charge on any atom is -0.308 e. The standard InChI is InChI=1S/C48H32NS2Si2/c1-2-14-36(15-3-1)52-43-22-10-13-25-47(43)53(45-23-11-8-20-41(45)51-42-21-9-12-24-46(42)53)48-32-34(28-31-44(48)52)33-26-29-35(30-27-33)49-37-16-4-6-18-39(37)50-40-19-7-5-17-38(40)49/h1-32H. The van der Waals surface area contributed by atoms with Gasteiger partial charge in [0.15, 0.2) is 16.9 Å².